The summed E-state index contributed by atoms with van der Waals surface area (Å²) in [4.78, 5) is 5.68. The first-order chi connectivity index (χ1) is 28.5. The maximum absolute atomic E-state index is 2.72. The van der Waals surface area contributed by atoms with Crippen LogP contribution < -0.4 is 4.90 Å². The van der Waals surface area contributed by atoms with E-state index in [1.807, 2.05) is 0 Å². The Morgan fingerprint density at radius 1 is 0.508 bits per heavy atom. The number of fused-ring (bicyclic) bond motifs is 6. The number of rotatable bonds is 4. The number of nitrogens with zero attached hydrogens (tertiary/aromatic N) is 1. The molecule has 6 aliphatic carbocycles. The highest BCUT2D eigenvalue weighted by Crippen LogP contribution is 2.70. The van der Waals surface area contributed by atoms with E-state index in [-0.39, 0.29) is 21.7 Å². The third-order valence-corrected chi connectivity index (χ3v) is 17.9. The lowest BCUT2D eigenvalue weighted by Gasteiger charge is -2.63. The zero-order valence-corrected chi connectivity index (χ0v) is 36.6. The summed E-state index contributed by atoms with van der Waals surface area (Å²) in [6.07, 6.45) is 9.36. The SMILES string of the molecule is CC1(C)CCC(C)(C)c2c(N(c3ccc4c(c3)C(C)(C)c3ccccc3-4)c3ccc4c(c3-c3ccccc3)Sc3ccccc3C43C4CC5CC(C4)CC3C5)cccc21. The van der Waals surface area contributed by atoms with Crippen LogP contribution in [-0.2, 0) is 21.7 Å². The van der Waals surface area contributed by atoms with Gasteiger partial charge in [0.1, 0.15) is 0 Å². The largest absolute Gasteiger partial charge is 0.310 e. The van der Waals surface area contributed by atoms with E-state index in [9.17, 15) is 0 Å². The molecule has 4 bridgehead atoms. The Hall–Kier alpha value is -4.53. The topological polar surface area (TPSA) is 3.24 Å². The van der Waals surface area contributed by atoms with Crippen molar-refractivity contribution in [2.24, 2.45) is 23.7 Å². The molecule has 0 saturated heterocycles. The van der Waals surface area contributed by atoms with E-state index in [2.05, 4.69) is 186 Å². The highest BCUT2D eigenvalue weighted by molar-refractivity contribution is 7.99. The second-order valence-electron chi connectivity index (χ2n) is 21.2. The molecule has 1 nitrogen and oxygen atoms in total. The van der Waals surface area contributed by atoms with Gasteiger partial charge in [-0.1, -0.05) is 150 Å². The van der Waals surface area contributed by atoms with Gasteiger partial charge in [0.15, 0.2) is 0 Å². The summed E-state index contributed by atoms with van der Waals surface area (Å²) in [7, 11) is 0. The molecule has 0 amide bonds. The fourth-order valence-corrected chi connectivity index (χ4v) is 15.5. The molecule has 1 aliphatic heterocycles. The van der Waals surface area contributed by atoms with Crippen molar-refractivity contribution in [3.05, 3.63) is 161 Å². The molecular weight excluding hydrogens is 731 g/mol. The average Bonchev–Trinajstić information content (AvgIpc) is 3.46. The molecule has 13 rings (SSSR count). The van der Waals surface area contributed by atoms with Gasteiger partial charge in [-0.05, 0) is 160 Å². The minimum Gasteiger partial charge on any atom is -0.310 e. The summed E-state index contributed by atoms with van der Waals surface area (Å²) < 4.78 is 0. The van der Waals surface area contributed by atoms with Crippen molar-refractivity contribution >= 4 is 28.8 Å². The molecule has 2 heteroatoms. The second kappa shape index (κ2) is 12.5. The highest BCUT2D eigenvalue weighted by Gasteiger charge is 2.61. The molecule has 0 unspecified atom stereocenters. The lowest BCUT2D eigenvalue weighted by atomic mass is 9.42. The zero-order chi connectivity index (χ0) is 40.1. The van der Waals surface area contributed by atoms with Crippen molar-refractivity contribution < 1.29 is 0 Å². The standard InChI is InChI=1S/C57H57NS/c1-54(2)27-28-55(3,4)52-45(54)20-14-21-49(52)58(40-23-24-42-41-17-10-11-18-43(41)56(5,6)47(42)34-40)48-26-25-46-53(51(48)37-15-8-7-9-16-37)59-50-22-13-12-19-44(50)57(46)38-30-35-29-36(32-38)33-39(57)31-35/h7-26,34-36,38-39H,27-33H2,1-6H3. The van der Waals surface area contributed by atoms with Gasteiger partial charge in [-0.2, -0.15) is 0 Å². The van der Waals surface area contributed by atoms with Gasteiger partial charge in [-0.3, -0.25) is 0 Å². The second-order valence-corrected chi connectivity index (χ2v) is 22.2. The summed E-state index contributed by atoms with van der Waals surface area (Å²) in [6, 6.07) is 50.1. The monoisotopic (exact) mass is 787 g/mol. The van der Waals surface area contributed by atoms with Gasteiger partial charge in [0.05, 0.1) is 11.4 Å². The smallest absolute Gasteiger partial charge is 0.0551 e. The molecule has 4 fully saturated rings. The number of benzene rings is 6. The first kappa shape index (κ1) is 36.3. The number of hydrogen-bond donors (Lipinski definition) is 0. The first-order valence-corrected chi connectivity index (χ1v) is 23.5. The van der Waals surface area contributed by atoms with Gasteiger partial charge < -0.3 is 4.90 Å². The van der Waals surface area contributed by atoms with Crippen molar-refractivity contribution in [1.82, 2.24) is 0 Å². The molecule has 0 aromatic heterocycles. The van der Waals surface area contributed by atoms with Crippen LogP contribution in [-0.4, -0.2) is 0 Å². The van der Waals surface area contributed by atoms with Crippen LogP contribution in [0.4, 0.5) is 17.1 Å². The third kappa shape index (κ3) is 4.99. The number of anilines is 3. The van der Waals surface area contributed by atoms with E-state index >= 15 is 0 Å². The lowest BCUT2D eigenvalue weighted by Crippen LogP contribution is -2.57. The van der Waals surface area contributed by atoms with E-state index in [0.717, 1.165) is 11.8 Å². The third-order valence-electron chi connectivity index (χ3n) is 16.7. The maximum atomic E-state index is 2.72. The Labute approximate surface area is 356 Å². The van der Waals surface area contributed by atoms with Crippen molar-refractivity contribution in [2.45, 2.75) is 118 Å². The van der Waals surface area contributed by atoms with Crippen LogP contribution in [0.15, 0.2) is 137 Å². The van der Waals surface area contributed by atoms with Crippen molar-refractivity contribution in [1.29, 1.82) is 0 Å². The van der Waals surface area contributed by atoms with Crippen LogP contribution in [0.3, 0.4) is 0 Å². The molecule has 1 spiro atoms. The predicted octanol–water partition coefficient (Wildman–Crippen LogP) is 15.7. The van der Waals surface area contributed by atoms with Gasteiger partial charge in [-0.15, -0.1) is 0 Å². The van der Waals surface area contributed by atoms with Gasteiger partial charge in [0.25, 0.3) is 0 Å². The van der Waals surface area contributed by atoms with E-state index < -0.39 is 0 Å². The van der Waals surface area contributed by atoms with Gasteiger partial charge in [0, 0.05) is 31.9 Å². The Morgan fingerprint density at radius 2 is 1.15 bits per heavy atom. The van der Waals surface area contributed by atoms with Crippen LogP contribution in [0, 0.1) is 23.7 Å². The van der Waals surface area contributed by atoms with Gasteiger partial charge in [0.2, 0.25) is 0 Å². The molecule has 296 valence electrons. The Morgan fingerprint density at radius 3 is 1.92 bits per heavy atom. The summed E-state index contributed by atoms with van der Waals surface area (Å²) in [6.45, 7) is 14.8. The fourth-order valence-electron chi connectivity index (χ4n) is 14.2. The lowest BCUT2D eigenvalue weighted by molar-refractivity contribution is -0.0443. The molecular formula is C57H57NS. The average molecular weight is 788 g/mol. The van der Waals surface area contributed by atoms with Gasteiger partial charge in [-0.25, -0.2) is 0 Å². The van der Waals surface area contributed by atoms with E-state index in [1.165, 1.54) is 116 Å². The predicted molar refractivity (Wildman–Crippen MR) is 248 cm³/mol. The highest BCUT2D eigenvalue weighted by atomic mass is 32.2. The van der Waals surface area contributed by atoms with Gasteiger partial charge >= 0.3 is 0 Å². The molecule has 4 saturated carbocycles. The van der Waals surface area contributed by atoms with Crippen LogP contribution in [0.2, 0.25) is 0 Å². The molecule has 0 N–H and O–H groups in total. The Bertz CT molecular complexity index is 2670. The molecule has 0 atom stereocenters. The van der Waals surface area contributed by atoms with E-state index in [1.54, 1.807) is 11.1 Å². The van der Waals surface area contributed by atoms with E-state index in [4.69, 9.17) is 0 Å². The first-order valence-electron chi connectivity index (χ1n) is 22.7. The molecule has 0 radical (unpaired) electrons. The number of hydrogen-bond acceptors (Lipinski definition) is 2. The van der Waals surface area contributed by atoms with Crippen LogP contribution in [0.5, 0.6) is 0 Å². The zero-order valence-electron chi connectivity index (χ0n) is 35.7. The summed E-state index contributed by atoms with van der Waals surface area (Å²) in [5.74, 6) is 3.22. The Kier molecular flexibility index (Phi) is 7.70. The summed E-state index contributed by atoms with van der Waals surface area (Å²) in [5, 5.41) is 0. The Balaban J connectivity index is 1.17. The molecule has 1 heterocycles. The van der Waals surface area contributed by atoms with Crippen LogP contribution in [0.25, 0.3) is 22.3 Å². The van der Waals surface area contributed by atoms with Crippen LogP contribution >= 0.6 is 11.8 Å². The molecule has 6 aromatic carbocycles. The van der Waals surface area contributed by atoms with E-state index in [0.29, 0.717) is 11.8 Å². The normalized spacial score (nSPS) is 26.7. The van der Waals surface area contributed by atoms with Crippen molar-refractivity contribution in [3.8, 4) is 22.3 Å². The summed E-state index contributed by atoms with van der Waals surface area (Å²) >= 11 is 2.06. The van der Waals surface area contributed by atoms with Crippen molar-refractivity contribution in [3.63, 3.8) is 0 Å². The molecule has 7 aliphatic rings. The minimum absolute atomic E-state index is 0.0190. The fraction of sp³-hybridized carbons (Fsp3) is 0.368. The molecule has 6 aromatic rings. The van der Waals surface area contributed by atoms with Crippen LogP contribution in [0.1, 0.15) is 120 Å². The van der Waals surface area contributed by atoms with Crippen molar-refractivity contribution in [2.75, 3.05) is 4.90 Å². The molecule has 59 heavy (non-hydrogen) atoms. The maximum Gasteiger partial charge on any atom is 0.0551 e. The summed E-state index contributed by atoms with van der Waals surface area (Å²) in [5.41, 5.74) is 18.5. The quantitative estimate of drug-likeness (QED) is 0.175. The minimum atomic E-state index is -0.103.